The highest BCUT2D eigenvalue weighted by Gasteiger charge is 2.58. The molecule has 0 aliphatic carbocycles. The van der Waals surface area contributed by atoms with Gasteiger partial charge in [0.1, 0.15) is 0 Å². The quantitative estimate of drug-likeness (QED) is 0.858. The molecule has 0 bridgehead atoms. The third-order valence-electron chi connectivity index (χ3n) is 2.71. The Morgan fingerprint density at radius 1 is 0.952 bits per heavy atom. The van der Waals surface area contributed by atoms with E-state index in [-0.39, 0.29) is 0 Å². The van der Waals surface area contributed by atoms with E-state index in [1.807, 2.05) is 6.07 Å². The molecule has 0 aliphatic rings. The van der Waals surface area contributed by atoms with Crippen LogP contribution in [0.15, 0.2) is 18.2 Å². The van der Waals surface area contributed by atoms with Gasteiger partial charge in [-0.2, -0.15) is 26.3 Å². The van der Waals surface area contributed by atoms with Crippen LogP contribution in [0.3, 0.4) is 0 Å². The first kappa shape index (κ1) is 17.8. The van der Waals surface area contributed by atoms with Gasteiger partial charge in [-0.15, -0.1) is 0 Å². The van der Waals surface area contributed by atoms with E-state index in [1.165, 1.54) is 0 Å². The Balaban J connectivity index is 2.80. The molecule has 0 saturated carbocycles. The molecule has 0 fully saturated rings. The van der Waals surface area contributed by atoms with E-state index in [1.54, 1.807) is 26.0 Å². The van der Waals surface area contributed by atoms with Gasteiger partial charge in [0.15, 0.2) is 0 Å². The molecule has 1 aromatic carbocycles. The van der Waals surface area contributed by atoms with Crippen LogP contribution in [0.1, 0.15) is 22.7 Å². The topological polar surface area (TPSA) is 35.2 Å². The molecule has 1 aromatic rings. The molecule has 0 aliphatic heterocycles. The van der Waals surface area contributed by atoms with Crippen LogP contribution in [-0.4, -0.2) is 25.1 Å². The summed E-state index contributed by atoms with van der Waals surface area (Å²) in [5.74, 6) is 0. The van der Waals surface area contributed by atoms with Crippen molar-refractivity contribution in [1.82, 2.24) is 0 Å². The van der Waals surface area contributed by atoms with E-state index in [4.69, 9.17) is 5.73 Å². The van der Waals surface area contributed by atoms with Crippen molar-refractivity contribution in [3.63, 3.8) is 0 Å². The first-order chi connectivity index (χ1) is 9.41. The lowest BCUT2D eigenvalue weighted by molar-refractivity contribution is -0.322. The summed E-state index contributed by atoms with van der Waals surface area (Å²) in [6.45, 7) is 2.61. The van der Waals surface area contributed by atoms with Crippen molar-refractivity contribution in [2.75, 3.05) is 6.61 Å². The lowest BCUT2D eigenvalue weighted by Gasteiger charge is -2.24. The average molecular weight is 315 g/mol. The number of alkyl halides is 6. The maximum Gasteiger partial charge on any atom is 0.423 e. The molecule has 120 valence electrons. The summed E-state index contributed by atoms with van der Waals surface area (Å²) in [4.78, 5) is 0. The second-order valence-electron chi connectivity index (χ2n) is 4.82. The van der Waals surface area contributed by atoms with Crippen LogP contribution in [0.5, 0.6) is 0 Å². The average Bonchev–Trinajstić information content (AvgIpc) is 2.23. The molecule has 2 nitrogen and oxygen atoms in total. The molecule has 0 aromatic heterocycles. The van der Waals surface area contributed by atoms with Crippen LogP contribution in [-0.2, 0) is 4.74 Å². The van der Waals surface area contributed by atoms with Gasteiger partial charge in [0.2, 0.25) is 6.10 Å². The number of hydrogen-bond acceptors (Lipinski definition) is 2. The summed E-state index contributed by atoms with van der Waals surface area (Å²) in [5.41, 5.74) is 7.65. The third-order valence-corrected chi connectivity index (χ3v) is 2.71. The number of rotatable bonds is 4. The Kier molecular flexibility index (Phi) is 5.27. The Bertz CT molecular complexity index is 448. The first-order valence-corrected chi connectivity index (χ1v) is 6.00. The predicted molar refractivity (Wildman–Crippen MR) is 64.7 cm³/mol. The number of halogens is 6. The normalized spacial score (nSPS) is 14.6. The fraction of sp³-hybridized carbons (Fsp3) is 0.538. The van der Waals surface area contributed by atoms with Crippen LogP contribution in [0.2, 0.25) is 0 Å². The molecule has 21 heavy (non-hydrogen) atoms. The number of aryl methyl sites for hydroxylation is 2. The minimum Gasteiger partial charge on any atom is -0.359 e. The Hall–Kier alpha value is -1.28. The summed E-state index contributed by atoms with van der Waals surface area (Å²) in [6.07, 6.45) is -14.9. The van der Waals surface area contributed by atoms with Gasteiger partial charge in [-0.3, -0.25) is 0 Å². The maximum absolute atomic E-state index is 12.3. The highest BCUT2D eigenvalue weighted by molar-refractivity contribution is 5.30. The van der Waals surface area contributed by atoms with Gasteiger partial charge in [0, 0.05) is 0 Å². The van der Waals surface area contributed by atoms with Crippen molar-refractivity contribution in [2.45, 2.75) is 38.3 Å². The van der Waals surface area contributed by atoms with Crippen LogP contribution in [0.25, 0.3) is 0 Å². The third kappa shape index (κ3) is 5.20. The molecular formula is C13H15F6NO. The lowest BCUT2D eigenvalue weighted by Crippen LogP contribution is -2.45. The highest BCUT2D eigenvalue weighted by Crippen LogP contribution is 2.36. The van der Waals surface area contributed by atoms with Gasteiger partial charge >= 0.3 is 12.4 Å². The fourth-order valence-electron chi connectivity index (χ4n) is 1.89. The van der Waals surface area contributed by atoms with Crippen molar-refractivity contribution >= 4 is 0 Å². The monoisotopic (exact) mass is 315 g/mol. The molecule has 1 unspecified atom stereocenters. The van der Waals surface area contributed by atoms with Gasteiger partial charge in [0.05, 0.1) is 12.6 Å². The fourth-order valence-corrected chi connectivity index (χ4v) is 1.89. The van der Waals surface area contributed by atoms with Crippen molar-refractivity contribution in [3.8, 4) is 0 Å². The number of hydrogen-bond donors (Lipinski definition) is 1. The van der Waals surface area contributed by atoms with Gasteiger partial charge < -0.3 is 10.5 Å². The summed E-state index contributed by atoms with van der Waals surface area (Å²) >= 11 is 0. The van der Waals surface area contributed by atoms with Crippen molar-refractivity contribution in [2.24, 2.45) is 5.73 Å². The Labute approximate surface area is 117 Å². The van der Waals surface area contributed by atoms with Gasteiger partial charge in [-0.25, -0.2) is 0 Å². The largest absolute Gasteiger partial charge is 0.423 e. The zero-order chi connectivity index (χ0) is 16.4. The molecule has 2 N–H and O–H groups in total. The Morgan fingerprint density at radius 3 is 1.76 bits per heavy atom. The second-order valence-corrected chi connectivity index (χ2v) is 4.82. The molecule has 1 atom stereocenters. The van der Waals surface area contributed by atoms with E-state index in [0.717, 1.165) is 11.1 Å². The minimum atomic E-state index is -5.53. The molecule has 0 saturated heterocycles. The zero-order valence-corrected chi connectivity index (χ0v) is 11.3. The van der Waals surface area contributed by atoms with Crippen LogP contribution in [0.4, 0.5) is 26.3 Å². The van der Waals surface area contributed by atoms with Crippen molar-refractivity contribution in [3.05, 3.63) is 34.9 Å². The minimum absolute atomic E-state index is 0.426. The van der Waals surface area contributed by atoms with E-state index < -0.39 is 31.1 Å². The van der Waals surface area contributed by atoms with Gasteiger partial charge in [0.25, 0.3) is 0 Å². The van der Waals surface area contributed by atoms with E-state index in [2.05, 4.69) is 4.74 Å². The summed E-state index contributed by atoms with van der Waals surface area (Å²) in [6, 6.07) is 3.93. The van der Waals surface area contributed by atoms with E-state index >= 15 is 0 Å². The number of nitrogens with two attached hydrogens (primary N) is 1. The molecule has 0 spiro atoms. The predicted octanol–water partition coefficient (Wildman–Crippen LogP) is 3.81. The molecule has 0 heterocycles. The van der Waals surface area contributed by atoms with Gasteiger partial charge in [-0.05, 0) is 19.4 Å². The summed E-state index contributed by atoms with van der Waals surface area (Å²) < 4.78 is 77.9. The zero-order valence-electron chi connectivity index (χ0n) is 11.3. The van der Waals surface area contributed by atoms with Crippen molar-refractivity contribution < 1.29 is 31.1 Å². The van der Waals surface area contributed by atoms with Crippen LogP contribution >= 0.6 is 0 Å². The Morgan fingerprint density at radius 2 is 1.38 bits per heavy atom. The molecule has 1 rings (SSSR count). The molecule has 0 radical (unpaired) electrons. The summed E-state index contributed by atoms with van der Waals surface area (Å²) in [5, 5.41) is 0. The van der Waals surface area contributed by atoms with Gasteiger partial charge in [-0.1, -0.05) is 29.3 Å². The first-order valence-electron chi connectivity index (χ1n) is 6.00. The van der Waals surface area contributed by atoms with E-state index in [9.17, 15) is 26.3 Å². The van der Waals surface area contributed by atoms with E-state index in [0.29, 0.717) is 5.56 Å². The SMILES string of the molecule is Cc1cc(C)cc(C(N)COC(C(F)(F)F)C(F)(F)F)c1. The highest BCUT2D eigenvalue weighted by atomic mass is 19.4. The smallest absolute Gasteiger partial charge is 0.359 e. The second kappa shape index (κ2) is 6.23. The number of ether oxygens (including phenoxy) is 1. The standard InChI is InChI=1S/C13H15F6NO/c1-7-3-8(2)5-9(4-7)10(20)6-21-11(12(14,15)16)13(17,18)19/h3-5,10-11H,6,20H2,1-2H3. The molecule has 0 amide bonds. The summed E-state index contributed by atoms with van der Waals surface area (Å²) in [7, 11) is 0. The lowest BCUT2D eigenvalue weighted by atomic mass is 10.0. The molecule has 8 heteroatoms. The van der Waals surface area contributed by atoms with Crippen LogP contribution < -0.4 is 5.73 Å². The maximum atomic E-state index is 12.3. The van der Waals surface area contributed by atoms with Crippen molar-refractivity contribution in [1.29, 1.82) is 0 Å². The number of benzene rings is 1. The van der Waals surface area contributed by atoms with Crippen LogP contribution in [0, 0.1) is 13.8 Å². The molecular weight excluding hydrogens is 300 g/mol.